The minimum Gasteiger partial charge on any atom is -0.490 e. The van der Waals surface area contributed by atoms with Crippen LogP contribution < -0.4 is 19.3 Å². The van der Waals surface area contributed by atoms with Crippen LogP contribution in [0.4, 0.5) is 34.1 Å². The monoisotopic (exact) mass is 941 g/mol. The van der Waals surface area contributed by atoms with E-state index in [4.69, 9.17) is 9.47 Å². The molecule has 0 aliphatic heterocycles. The van der Waals surface area contributed by atoms with Crippen LogP contribution in [0.5, 0.6) is 11.5 Å². The smallest absolute Gasteiger partial charge is 0.119 e. The number of anilines is 6. The fourth-order valence-electron chi connectivity index (χ4n) is 11.1. The van der Waals surface area contributed by atoms with Gasteiger partial charge in [-0.15, -0.1) is 0 Å². The fourth-order valence-corrected chi connectivity index (χ4v) is 11.1. The highest BCUT2D eigenvalue weighted by atomic mass is 16.5. The molecule has 5 nitrogen and oxygen atoms in total. The Morgan fingerprint density at radius 2 is 0.944 bits per heavy atom. The summed E-state index contributed by atoms with van der Waals surface area (Å²) in [6.07, 6.45) is 26.0. The van der Waals surface area contributed by atoms with Crippen LogP contribution in [-0.4, -0.2) is 12.2 Å². The third-order valence-corrected chi connectivity index (χ3v) is 14.9. The Kier molecular flexibility index (Phi) is 14.3. The Hall–Kier alpha value is -7.81. The van der Waals surface area contributed by atoms with Gasteiger partial charge in [-0.25, -0.2) is 0 Å². The van der Waals surface area contributed by atoms with Crippen LogP contribution in [0, 0.1) is 11.3 Å². The van der Waals surface area contributed by atoms with E-state index in [1.165, 1.54) is 68.2 Å². The molecule has 0 spiro atoms. The van der Waals surface area contributed by atoms with Crippen LogP contribution in [0.2, 0.25) is 0 Å². The maximum Gasteiger partial charge on any atom is 0.119 e. The van der Waals surface area contributed by atoms with Gasteiger partial charge in [0, 0.05) is 39.5 Å². The van der Waals surface area contributed by atoms with Crippen molar-refractivity contribution in [2.45, 2.75) is 102 Å². The normalized spacial score (nSPS) is 15.3. The highest BCUT2D eigenvalue weighted by molar-refractivity contribution is 5.94. The lowest BCUT2D eigenvalue weighted by Crippen LogP contribution is -2.19. The predicted molar refractivity (Wildman–Crippen MR) is 300 cm³/mol. The molecule has 0 aromatic heterocycles. The molecule has 0 atom stereocenters. The van der Waals surface area contributed by atoms with Gasteiger partial charge in [-0.05, 0) is 213 Å². The quantitative estimate of drug-likeness (QED) is 0.102. The summed E-state index contributed by atoms with van der Waals surface area (Å²) >= 11 is 0. The van der Waals surface area contributed by atoms with E-state index in [-0.39, 0.29) is 0 Å². The lowest BCUT2D eigenvalue weighted by atomic mass is 9.90. The zero-order valence-electron chi connectivity index (χ0n) is 41.3. The number of nitrogens with zero attached hydrogens (tertiary/aromatic N) is 3. The summed E-state index contributed by atoms with van der Waals surface area (Å²) in [6, 6.07) is 65.1. The predicted octanol–water partition coefficient (Wildman–Crippen LogP) is 18.3. The van der Waals surface area contributed by atoms with Crippen molar-refractivity contribution in [2.75, 3.05) is 9.80 Å². The molecule has 3 aliphatic rings. The first-order chi connectivity index (χ1) is 35.6. The van der Waals surface area contributed by atoms with Gasteiger partial charge in [0.1, 0.15) is 17.6 Å². The summed E-state index contributed by atoms with van der Waals surface area (Å²) in [7, 11) is 0. The van der Waals surface area contributed by atoms with E-state index in [1.54, 1.807) is 0 Å². The molecule has 358 valence electrons. The van der Waals surface area contributed by atoms with E-state index in [0.29, 0.717) is 17.8 Å². The van der Waals surface area contributed by atoms with Crippen LogP contribution >= 0.6 is 0 Å². The first kappa shape index (κ1) is 46.6. The molecule has 2 fully saturated rings. The largest absolute Gasteiger partial charge is 0.490 e. The standard InChI is InChI=1S/C67H63N3O2/c68-48-66-53(31-25-50-26-34-56(35-27-50)69(55-15-4-1-5-16-55)57-38-42-62(43-39-57)71-60-17-6-2-7-18-60)32-33-54-47-51(30-46-64(54)66)24-23-49-28-36-58(37-29-49)70(67-22-12-14-52-13-10-11-21-65(52)67)59-40-44-63(45-41-59)72-61-19-8-3-9-20-61/h1,4-5,12,14-16,22-47,60-61H,2-3,6-11,13,17-21H2. The van der Waals surface area contributed by atoms with Crippen molar-refractivity contribution < 1.29 is 9.47 Å². The van der Waals surface area contributed by atoms with Gasteiger partial charge in [-0.1, -0.05) is 116 Å². The zero-order valence-corrected chi connectivity index (χ0v) is 41.3. The lowest BCUT2D eigenvalue weighted by molar-refractivity contribution is 0.155. The minimum absolute atomic E-state index is 0.316. The topological polar surface area (TPSA) is 48.7 Å². The SMILES string of the molecule is N#Cc1c(C=Cc2ccc(N(c3ccccc3)c3ccc(OC4CCCCC4)cc3)cc2)ccc2cc(C=Cc3ccc(N(c4ccc(OC5CCCCC5)cc4)c4cccc5c4CCCC5)cc3)ccc12. The average molecular weight is 942 g/mol. The Labute approximate surface area is 426 Å². The molecular formula is C67H63N3O2. The molecule has 8 aromatic rings. The first-order valence-electron chi connectivity index (χ1n) is 26.4. The van der Waals surface area contributed by atoms with Crippen molar-refractivity contribution >= 4 is 69.2 Å². The van der Waals surface area contributed by atoms with Gasteiger partial charge in [0.25, 0.3) is 0 Å². The summed E-state index contributed by atoms with van der Waals surface area (Å²) in [5.41, 5.74) is 14.5. The van der Waals surface area contributed by atoms with E-state index < -0.39 is 0 Å². The van der Waals surface area contributed by atoms with E-state index in [0.717, 1.165) is 111 Å². The van der Waals surface area contributed by atoms with Crippen molar-refractivity contribution in [1.82, 2.24) is 0 Å². The Morgan fingerprint density at radius 1 is 0.431 bits per heavy atom. The number of nitriles is 1. The number of hydrogen-bond donors (Lipinski definition) is 0. The second-order valence-electron chi connectivity index (χ2n) is 19.8. The van der Waals surface area contributed by atoms with E-state index in [9.17, 15) is 5.26 Å². The maximum atomic E-state index is 10.5. The third-order valence-electron chi connectivity index (χ3n) is 14.9. The molecule has 0 bridgehead atoms. The second kappa shape index (κ2) is 22.1. The average Bonchev–Trinajstić information content (AvgIpc) is 3.44. The van der Waals surface area contributed by atoms with E-state index >= 15 is 0 Å². The molecule has 5 heteroatoms. The summed E-state index contributed by atoms with van der Waals surface area (Å²) in [5, 5.41) is 12.5. The summed E-state index contributed by atoms with van der Waals surface area (Å²) in [4.78, 5) is 4.69. The zero-order chi connectivity index (χ0) is 48.5. The van der Waals surface area contributed by atoms with Crippen LogP contribution in [-0.2, 0) is 12.8 Å². The Balaban J connectivity index is 0.787. The molecule has 0 heterocycles. The number of hydrogen-bond acceptors (Lipinski definition) is 5. The van der Waals surface area contributed by atoms with Crippen LogP contribution in [0.15, 0.2) is 176 Å². The maximum absolute atomic E-state index is 10.5. The third kappa shape index (κ3) is 10.7. The van der Waals surface area contributed by atoms with Crippen molar-refractivity contribution in [3.05, 3.63) is 215 Å². The summed E-state index contributed by atoms with van der Waals surface area (Å²) < 4.78 is 12.8. The number of ether oxygens (including phenoxy) is 2. The van der Waals surface area contributed by atoms with E-state index in [1.807, 2.05) is 6.07 Å². The van der Waals surface area contributed by atoms with Gasteiger partial charge in [-0.3, -0.25) is 0 Å². The molecule has 0 amide bonds. The highest BCUT2D eigenvalue weighted by Gasteiger charge is 2.22. The van der Waals surface area contributed by atoms with Gasteiger partial charge in [0.15, 0.2) is 0 Å². The second-order valence-corrected chi connectivity index (χ2v) is 19.8. The number of para-hydroxylation sites is 1. The molecule has 2 saturated carbocycles. The van der Waals surface area contributed by atoms with Crippen LogP contribution in [0.3, 0.4) is 0 Å². The number of fused-ring (bicyclic) bond motifs is 2. The van der Waals surface area contributed by atoms with Crippen molar-refractivity contribution in [3.8, 4) is 17.6 Å². The van der Waals surface area contributed by atoms with Crippen molar-refractivity contribution in [1.29, 1.82) is 5.26 Å². The molecule has 72 heavy (non-hydrogen) atoms. The molecular weight excluding hydrogens is 879 g/mol. The Morgan fingerprint density at radius 3 is 1.54 bits per heavy atom. The molecule has 0 saturated heterocycles. The first-order valence-corrected chi connectivity index (χ1v) is 26.4. The van der Waals surface area contributed by atoms with Gasteiger partial charge in [0.2, 0.25) is 0 Å². The molecule has 0 unspecified atom stereocenters. The van der Waals surface area contributed by atoms with Crippen molar-refractivity contribution in [3.63, 3.8) is 0 Å². The number of benzene rings is 8. The summed E-state index contributed by atoms with van der Waals surface area (Å²) in [6.45, 7) is 0. The van der Waals surface area contributed by atoms with Crippen molar-refractivity contribution in [2.24, 2.45) is 0 Å². The Bertz CT molecular complexity index is 3190. The van der Waals surface area contributed by atoms with Gasteiger partial charge in [0.05, 0.1) is 17.8 Å². The highest BCUT2D eigenvalue weighted by Crippen LogP contribution is 2.41. The molecule has 3 aliphatic carbocycles. The molecule has 0 radical (unpaired) electrons. The summed E-state index contributed by atoms with van der Waals surface area (Å²) in [5.74, 6) is 1.89. The molecule has 11 rings (SSSR count). The van der Waals surface area contributed by atoms with Gasteiger partial charge >= 0.3 is 0 Å². The van der Waals surface area contributed by atoms with Gasteiger partial charge in [-0.2, -0.15) is 5.26 Å². The van der Waals surface area contributed by atoms with Gasteiger partial charge < -0.3 is 19.3 Å². The molecule has 0 N–H and O–H groups in total. The fraction of sp³-hybridized carbons (Fsp3) is 0.239. The van der Waals surface area contributed by atoms with E-state index in [2.05, 4.69) is 210 Å². The van der Waals surface area contributed by atoms with Crippen LogP contribution in [0.25, 0.3) is 35.1 Å². The number of rotatable bonds is 14. The van der Waals surface area contributed by atoms with Crippen LogP contribution in [0.1, 0.15) is 116 Å². The minimum atomic E-state index is 0.316. The lowest BCUT2D eigenvalue weighted by Gasteiger charge is -2.30. The molecule has 8 aromatic carbocycles. The number of aryl methyl sites for hydroxylation is 1.